The zero-order chi connectivity index (χ0) is 18.8. The van der Waals surface area contributed by atoms with Gasteiger partial charge in [0.2, 0.25) is 0 Å². The van der Waals surface area contributed by atoms with Gasteiger partial charge in [0.15, 0.2) is 0 Å². The number of hydrogen-bond donors (Lipinski definition) is 1. The molecule has 0 aliphatic rings. The average Bonchev–Trinajstić information content (AvgIpc) is 2.67. The lowest BCUT2D eigenvalue weighted by Gasteiger charge is -2.12. The molecule has 1 N–H and O–H groups in total. The second-order valence-corrected chi connectivity index (χ2v) is 7.34. The first kappa shape index (κ1) is 17.8. The van der Waals surface area contributed by atoms with E-state index in [4.69, 9.17) is 16.3 Å². The minimum atomic E-state index is -0.200. The van der Waals surface area contributed by atoms with E-state index in [-0.39, 0.29) is 5.56 Å². The van der Waals surface area contributed by atoms with E-state index in [2.05, 4.69) is 25.9 Å². The highest BCUT2D eigenvalue weighted by Crippen LogP contribution is 2.31. The van der Waals surface area contributed by atoms with E-state index < -0.39 is 0 Å². The first-order chi connectivity index (χ1) is 13.1. The summed E-state index contributed by atoms with van der Waals surface area (Å²) in [5, 5.41) is 1.08. The van der Waals surface area contributed by atoms with E-state index in [9.17, 15) is 4.79 Å². The molecule has 1 aromatic heterocycles. The lowest BCUT2D eigenvalue weighted by molar-refractivity contribution is 0.307. The fourth-order valence-electron chi connectivity index (χ4n) is 2.81. The number of benzene rings is 3. The number of fused-ring (bicyclic) bond motifs is 1. The SMILES string of the molecule is O=c1[nH]c(-c2cc(Cl)ccc2OCc2cccc(Br)c2)nc2ccccc12. The van der Waals surface area contributed by atoms with Crippen LogP contribution in [0.15, 0.2) is 76.0 Å². The Morgan fingerprint density at radius 3 is 2.74 bits per heavy atom. The number of rotatable bonds is 4. The number of nitrogens with zero attached hydrogens (tertiary/aromatic N) is 1. The molecule has 27 heavy (non-hydrogen) atoms. The molecular formula is C21H14BrClN2O2. The van der Waals surface area contributed by atoms with Gasteiger partial charge < -0.3 is 9.72 Å². The average molecular weight is 442 g/mol. The van der Waals surface area contributed by atoms with Crippen molar-refractivity contribution in [3.8, 4) is 17.1 Å². The standard InChI is InChI=1S/C21H14BrClN2O2/c22-14-5-3-4-13(10-14)12-27-19-9-8-15(23)11-17(19)20-24-18-7-2-1-6-16(18)21(26)25-20/h1-11H,12H2,(H,24,25,26). The Kier molecular flexibility index (Phi) is 4.97. The third-order valence-corrected chi connectivity index (χ3v) is 4.82. The van der Waals surface area contributed by atoms with Crippen molar-refractivity contribution in [2.75, 3.05) is 0 Å². The van der Waals surface area contributed by atoms with Gasteiger partial charge >= 0.3 is 0 Å². The summed E-state index contributed by atoms with van der Waals surface area (Å²) in [7, 11) is 0. The van der Waals surface area contributed by atoms with Crippen molar-refractivity contribution in [2.24, 2.45) is 0 Å². The molecular weight excluding hydrogens is 428 g/mol. The van der Waals surface area contributed by atoms with Crippen LogP contribution >= 0.6 is 27.5 Å². The van der Waals surface area contributed by atoms with Crippen molar-refractivity contribution in [2.45, 2.75) is 6.61 Å². The van der Waals surface area contributed by atoms with Gasteiger partial charge in [-0.15, -0.1) is 0 Å². The van der Waals surface area contributed by atoms with Gasteiger partial charge in [-0.05, 0) is 48.0 Å². The maximum atomic E-state index is 12.4. The van der Waals surface area contributed by atoms with Crippen molar-refractivity contribution >= 4 is 38.4 Å². The fraction of sp³-hybridized carbons (Fsp3) is 0.0476. The topological polar surface area (TPSA) is 55.0 Å². The predicted molar refractivity (Wildman–Crippen MR) is 111 cm³/mol. The Labute approximate surface area is 168 Å². The molecule has 4 rings (SSSR count). The minimum absolute atomic E-state index is 0.200. The summed E-state index contributed by atoms with van der Waals surface area (Å²) >= 11 is 9.64. The summed E-state index contributed by atoms with van der Waals surface area (Å²) in [4.78, 5) is 19.8. The Bertz CT molecular complexity index is 1190. The monoisotopic (exact) mass is 440 g/mol. The molecule has 0 radical (unpaired) electrons. The van der Waals surface area contributed by atoms with Crippen LogP contribution in [0.1, 0.15) is 5.56 Å². The van der Waals surface area contributed by atoms with Gasteiger partial charge in [-0.1, -0.05) is 51.8 Å². The van der Waals surface area contributed by atoms with Gasteiger partial charge in [-0.2, -0.15) is 0 Å². The Morgan fingerprint density at radius 1 is 1.04 bits per heavy atom. The van der Waals surface area contributed by atoms with E-state index in [0.717, 1.165) is 10.0 Å². The Morgan fingerprint density at radius 2 is 1.89 bits per heavy atom. The number of nitrogens with one attached hydrogen (secondary N) is 1. The number of halogens is 2. The molecule has 0 fully saturated rings. The fourth-order valence-corrected chi connectivity index (χ4v) is 3.43. The van der Waals surface area contributed by atoms with Crippen LogP contribution in [-0.2, 0) is 6.61 Å². The largest absolute Gasteiger partial charge is 0.488 e. The van der Waals surface area contributed by atoms with Gasteiger partial charge in [-0.3, -0.25) is 4.79 Å². The van der Waals surface area contributed by atoms with Gasteiger partial charge in [-0.25, -0.2) is 4.98 Å². The van der Waals surface area contributed by atoms with Crippen LogP contribution in [0.25, 0.3) is 22.3 Å². The molecule has 0 unspecified atom stereocenters. The molecule has 6 heteroatoms. The molecule has 0 spiro atoms. The molecule has 3 aromatic carbocycles. The number of aromatic amines is 1. The summed E-state index contributed by atoms with van der Waals surface area (Å²) < 4.78 is 6.98. The number of ether oxygens (including phenoxy) is 1. The summed E-state index contributed by atoms with van der Waals surface area (Å²) in [5.74, 6) is 1.02. The Hall–Kier alpha value is -2.63. The molecule has 0 saturated heterocycles. The lowest BCUT2D eigenvalue weighted by atomic mass is 10.1. The highest BCUT2D eigenvalue weighted by atomic mass is 79.9. The maximum Gasteiger partial charge on any atom is 0.259 e. The van der Waals surface area contributed by atoms with E-state index >= 15 is 0 Å². The highest BCUT2D eigenvalue weighted by molar-refractivity contribution is 9.10. The minimum Gasteiger partial charge on any atom is -0.488 e. The second-order valence-electron chi connectivity index (χ2n) is 5.99. The van der Waals surface area contributed by atoms with Crippen molar-refractivity contribution in [1.82, 2.24) is 9.97 Å². The van der Waals surface area contributed by atoms with Crippen LogP contribution in [0.2, 0.25) is 5.02 Å². The van der Waals surface area contributed by atoms with Crippen LogP contribution in [0.3, 0.4) is 0 Å². The van der Waals surface area contributed by atoms with E-state index in [1.165, 1.54) is 0 Å². The quantitative estimate of drug-likeness (QED) is 0.449. The van der Waals surface area contributed by atoms with Crippen molar-refractivity contribution < 1.29 is 4.74 Å². The van der Waals surface area contributed by atoms with Crippen LogP contribution in [0, 0.1) is 0 Å². The number of hydrogen-bond acceptors (Lipinski definition) is 3. The lowest BCUT2D eigenvalue weighted by Crippen LogP contribution is -2.10. The first-order valence-corrected chi connectivity index (χ1v) is 9.43. The molecule has 4 aromatic rings. The third kappa shape index (κ3) is 3.89. The van der Waals surface area contributed by atoms with Gasteiger partial charge in [0, 0.05) is 9.50 Å². The van der Waals surface area contributed by atoms with Crippen LogP contribution in [0.5, 0.6) is 5.75 Å². The van der Waals surface area contributed by atoms with Crippen LogP contribution in [0.4, 0.5) is 0 Å². The number of aromatic nitrogens is 2. The smallest absolute Gasteiger partial charge is 0.259 e. The predicted octanol–water partition coefficient (Wildman–Crippen LogP) is 5.59. The highest BCUT2D eigenvalue weighted by Gasteiger charge is 2.12. The first-order valence-electron chi connectivity index (χ1n) is 8.26. The molecule has 0 bridgehead atoms. The molecule has 1 heterocycles. The van der Waals surface area contributed by atoms with Crippen molar-refractivity contribution in [3.63, 3.8) is 0 Å². The molecule has 0 saturated carbocycles. The van der Waals surface area contributed by atoms with E-state index in [1.54, 1.807) is 30.3 Å². The number of para-hydroxylation sites is 1. The second kappa shape index (κ2) is 7.55. The molecule has 0 atom stereocenters. The summed E-state index contributed by atoms with van der Waals surface area (Å²) in [5.41, 5.74) is 2.08. The van der Waals surface area contributed by atoms with Crippen molar-refractivity contribution in [3.05, 3.63) is 92.1 Å². The van der Waals surface area contributed by atoms with Gasteiger partial charge in [0.25, 0.3) is 5.56 Å². The maximum absolute atomic E-state index is 12.4. The zero-order valence-electron chi connectivity index (χ0n) is 14.1. The molecule has 0 amide bonds. The van der Waals surface area contributed by atoms with E-state index in [0.29, 0.717) is 39.7 Å². The third-order valence-electron chi connectivity index (χ3n) is 4.09. The summed E-state index contributed by atoms with van der Waals surface area (Å²) in [6.07, 6.45) is 0. The Balaban J connectivity index is 1.74. The normalized spacial score (nSPS) is 10.9. The summed E-state index contributed by atoms with van der Waals surface area (Å²) in [6, 6.07) is 20.4. The van der Waals surface area contributed by atoms with Crippen LogP contribution in [-0.4, -0.2) is 9.97 Å². The summed E-state index contributed by atoms with van der Waals surface area (Å²) in [6.45, 7) is 0.381. The number of H-pyrrole nitrogens is 1. The molecule has 134 valence electrons. The molecule has 4 nitrogen and oxygen atoms in total. The van der Waals surface area contributed by atoms with Crippen LogP contribution < -0.4 is 10.3 Å². The molecule has 0 aliphatic carbocycles. The van der Waals surface area contributed by atoms with Gasteiger partial charge in [0.05, 0.1) is 16.5 Å². The molecule has 0 aliphatic heterocycles. The van der Waals surface area contributed by atoms with E-state index in [1.807, 2.05) is 36.4 Å². The van der Waals surface area contributed by atoms with Gasteiger partial charge in [0.1, 0.15) is 18.2 Å². The zero-order valence-corrected chi connectivity index (χ0v) is 16.4. The van der Waals surface area contributed by atoms with Crippen molar-refractivity contribution in [1.29, 1.82) is 0 Å².